The molecule has 0 spiro atoms. The van der Waals surface area contributed by atoms with Crippen LogP contribution in [0, 0.1) is 0 Å². The zero-order valence-electron chi connectivity index (χ0n) is 8.68. The summed E-state index contributed by atoms with van der Waals surface area (Å²) in [6.45, 7) is 11.1. The van der Waals surface area contributed by atoms with E-state index in [0.29, 0.717) is 13.2 Å². The Hall–Kier alpha value is 0.527. The van der Waals surface area contributed by atoms with Gasteiger partial charge in [-0.3, -0.25) is 0 Å². The first-order chi connectivity index (χ1) is 5.37. The van der Waals surface area contributed by atoms with Crippen molar-refractivity contribution in [3.05, 3.63) is 0 Å². The van der Waals surface area contributed by atoms with Crippen LogP contribution in [0.5, 0.6) is 0 Å². The molecule has 0 saturated carbocycles. The zero-order valence-corrected chi connectivity index (χ0v) is 10.7. The van der Waals surface area contributed by atoms with Crippen molar-refractivity contribution in [1.29, 1.82) is 0 Å². The third-order valence-corrected chi connectivity index (χ3v) is 11.4. The van der Waals surface area contributed by atoms with Crippen molar-refractivity contribution in [2.24, 2.45) is 0 Å². The summed E-state index contributed by atoms with van der Waals surface area (Å²) in [6, 6.07) is 0. The van der Waals surface area contributed by atoms with Gasteiger partial charge in [0.15, 0.2) is 0 Å². The molecule has 0 aliphatic rings. The molecule has 3 nitrogen and oxygen atoms in total. The molecule has 0 unspecified atom stereocenters. The molecule has 76 valence electrons. The monoisotopic (exact) mass is 212 g/mol. The molecule has 0 heterocycles. The molecule has 0 aliphatic carbocycles. The first kappa shape index (κ1) is 12.5. The van der Waals surface area contributed by atoms with Gasteiger partial charge >= 0.3 is 75.9 Å². The zero-order chi connectivity index (χ0) is 9.83. The Balaban J connectivity index is 4.38. The molecule has 12 heavy (non-hydrogen) atoms. The van der Waals surface area contributed by atoms with Crippen LogP contribution in [0.3, 0.4) is 0 Å². The molecule has 0 aromatic carbocycles. The Morgan fingerprint density at radius 3 is 1.58 bits per heavy atom. The van der Waals surface area contributed by atoms with Gasteiger partial charge in [0.05, 0.1) is 0 Å². The van der Waals surface area contributed by atoms with Crippen molar-refractivity contribution in [3.63, 3.8) is 0 Å². The van der Waals surface area contributed by atoms with E-state index < -0.39 is 15.2 Å². The van der Waals surface area contributed by atoms with Crippen molar-refractivity contribution in [2.75, 3.05) is 13.2 Å². The number of hydrogen-bond donors (Lipinski definition) is 1. The van der Waals surface area contributed by atoms with Crippen molar-refractivity contribution in [1.82, 2.24) is 0 Å². The van der Waals surface area contributed by atoms with Gasteiger partial charge in [0, 0.05) is 0 Å². The summed E-state index contributed by atoms with van der Waals surface area (Å²) in [6.07, 6.45) is 0. The Kier molecular flexibility index (Phi) is 4.88. The average molecular weight is 212 g/mol. The molecule has 0 fully saturated rings. The molecule has 0 rings (SSSR count). The van der Waals surface area contributed by atoms with Gasteiger partial charge in [-0.15, -0.1) is 0 Å². The third-order valence-electron chi connectivity index (χ3n) is 1.63. The molecular formula is C7H21O3PSi. The first-order valence-corrected chi connectivity index (χ1v) is 10.6. The predicted molar refractivity (Wildman–Crippen MR) is 57.1 cm³/mol. The van der Waals surface area contributed by atoms with Crippen LogP contribution in [-0.4, -0.2) is 25.8 Å². The fourth-order valence-electron chi connectivity index (χ4n) is 0.866. The van der Waals surface area contributed by atoms with Crippen LogP contribution in [-0.2, 0) is 9.05 Å². The van der Waals surface area contributed by atoms with Gasteiger partial charge in [-0.05, 0) is 0 Å². The van der Waals surface area contributed by atoms with Gasteiger partial charge in [-0.2, -0.15) is 0 Å². The molecule has 0 amide bonds. The van der Waals surface area contributed by atoms with E-state index in [1.54, 1.807) is 0 Å². The van der Waals surface area contributed by atoms with Gasteiger partial charge in [-0.1, -0.05) is 0 Å². The van der Waals surface area contributed by atoms with E-state index in [0.717, 1.165) is 0 Å². The minimum atomic E-state index is -2.81. The predicted octanol–water partition coefficient (Wildman–Crippen LogP) is 2.38. The average Bonchev–Trinajstić information content (AvgIpc) is 1.86. The van der Waals surface area contributed by atoms with E-state index in [-0.39, 0.29) is 0 Å². The van der Waals surface area contributed by atoms with E-state index in [4.69, 9.17) is 9.05 Å². The third kappa shape index (κ3) is 3.11. The van der Waals surface area contributed by atoms with Crippen molar-refractivity contribution >= 4 is 15.2 Å². The molecule has 0 aromatic heterocycles. The fraction of sp³-hybridized carbons (Fsp3) is 1.00. The van der Waals surface area contributed by atoms with Crippen LogP contribution in [0.25, 0.3) is 0 Å². The van der Waals surface area contributed by atoms with E-state index in [2.05, 4.69) is 19.6 Å². The molecule has 0 bridgehead atoms. The Bertz CT molecular complexity index is 129. The molecule has 5 heteroatoms. The molecular weight excluding hydrogens is 191 g/mol. The van der Waals surface area contributed by atoms with E-state index >= 15 is 0 Å². The van der Waals surface area contributed by atoms with E-state index in [1.807, 2.05) is 13.8 Å². The van der Waals surface area contributed by atoms with Crippen LogP contribution in [0.4, 0.5) is 0 Å². The molecule has 0 aromatic rings. The fourth-order valence-corrected chi connectivity index (χ4v) is 6.06. The Morgan fingerprint density at radius 1 is 1.08 bits per heavy atom. The summed E-state index contributed by atoms with van der Waals surface area (Å²) in [5, 5.41) is 0. The first-order valence-electron chi connectivity index (χ1n) is 4.37. The maximum absolute atomic E-state index is 10.1. The van der Waals surface area contributed by atoms with Gasteiger partial charge in [-0.25, -0.2) is 0 Å². The summed E-state index contributed by atoms with van der Waals surface area (Å²) in [7, 11) is -4.51. The topological polar surface area (TPSA) is 38.7 Å². The van der Waals surface area contributed by atoms with Crippen molar-refractivity contribution in [3.8, 4) is 0 Å². The van der Waals surface area contributed by atoms with Crippen molar-refractivity contribution in [2.45, 2.75) is 33.5 Å². The van der Waals surface area contributed by atoms with Gasteiger partial charge < -0.3 is 0 Å². The molecule has 0 radical (unpaired) electrons. The van der Waals surface area contributed by atoms with E-state index in [9.17, 15) is 4.89 Å². The Labute approximate surface area is 76.5 Å². The van der Waals surface area contributed by atoms with Gasteiger partial charge in [0.2, 0.25) is 0 Å². The van der Waals surface area contributed by atoms with Crippen LogP contribution < -0.4 is 0 Å². The second-order valence-corrected chi connectivity index (χ2v) is 16.3. The summed E-state index contributed by atoms with van der Waals surface area (Å²) in [5.41, 5.74) is 0. The van der Waals surface area contributed by atoms with Crippen LogP contribution in [0.2, 0.25) is 19.6 Å². The Morgan fingerprint density at radius 2 is 1.42 bits per heavy atom. The SMILES string of the molecule is CCO[PH](O)(OCC)[Si](C)(C)C. The second kappa shape index (κ2) is 4.68. The van der Waals surface area contributed by atoms with Crippen LogP contribution >= 0.6 is 7.49 Å². The van der Waals surface area contributed by atoms with E-state index in [1.165, 1.54) is 0 Å². The van der Waals surface area contributed by atoms with Crippen molar-refractivity contribution < 1.29 is 13.9 Å². The summed E-state index contributed by atoms with van der Waals surface area (Å²) >= 11 is 0. The summed E-state index contributed by atoms with van der Waals surface area (Å²) in [5.74, 6) is 0. The molecule has 1 N–H and O–H groups in total. The van der Waals surface area contributed by atoms with Gasteiger partial charge in [0.1, 0.15) is 0 Å². The molecule has 0 aliphatic heterocycles. The van der Waals surface area contributed by atoms with Crippen LogP contribution in [0.15, 0.2) is 0 Å². The second-order valence-electron chi connectivity index (χ2n) is 3.70. The number of rotatable bonds is 5. The molecule has 0 saturated heterocycles. The standard InChI is InChI=1S/C7H21O3PSi/c1-6-9-11(8,10-7-2)12(3,4)5/h8,11H,6-7H2,1-5H3. The van der Waals surface area contributed by atoms with Gasteiger partial charge in [0.25, 0.3) is 0 Å². The normalized spacial score (nSPS) is 14.8. The summed E-state index contributed by atoms with van der Waals surface area (Å²) < 4.78 is 10.7. The van der Waals surface area contributed by atoms with Crippen LogP contribution in [0.1, 0.15) is 13.8 Å². The quantitative estimate of drug-likeness (QED) is 0.561. The summed E-state index contributed by atoms with van der Waals surface area (Å²) in [4.78, 5) is 10.1. The minimum absolute atomic E-state index is 0.535. The molecule has 0 atom stereocenters. The number of hydrogen-bond acceptors (Lipinski definition) is 3. The maximum atomic E-state index is 10.1.